The van der Waals surface area contributed by atoms with Crippen molar-refractivity contribution in [3.05, 3.63) is 28.8 Å². The predicted molar refractivity (Wildman–Crippen MR) is 41.1 cm³/mol. The van der Waals surface area contributed by atoms with E-state index in [2.05, 4.69) is 20.7 Å². The summed E-state index contributed by atoms with van der Waals surface area (Å²) in [5.74, 6) is 0.211. The van der Waals surface area contributed by atoms with E-state index in [4.69, 9.17) is 0 Å². The van der Waals surface area contributed by atoms with E-state index in [1.807, 2.05) is 6.42 Å². The van der Waals surface area contributed by atoms with E-state index in [0.717, 1.165) is 0 Å². The molecule has 0 aliphatic heterocycles. The normalized spacial score (nSPS) is 17.8. The van der Waals surface area contributed by atoms with Gasteiger partial charge in [0.25, 0.3) is 0 Å². The first-order valence-corrected chi connectivity index (χ1v) is 3.84. The minimum Gasteiger partial charge on any atom is -0.434 e. The highest BCUT2D eigenvalue weighted by molar-refractivity contribution is 9.11. The van der Waals surface area contributed by atoms with Crippen LogP contribution in [0.5, 0.6) is 0 Å². The van der Waals surface area contributed by atoms with Crippen molar-refractivity contribution in [2.75, 3.05) is 0 Å². The Balaban J connectivity index is 2.56. The molecule has 4 heteroatoms. The lowest BCUT2D eigenvalue weighted by Crippen LogP contribution is -2.01. The van der Waals surface area contributed by atoms with Crippen LogP contribution >= 0.6 is 15.9 Å². The van der Waals surface area contributed by atoms with Crippen molar-refractivity contribution >= 4 is 15.9 Å². The van der Waals surface area contributed by atoms with Crippen molar-refractivity contribution < 1.29 is 13.5 Å². The molecule has 0 heterocycles. The average Bonchev–Trinajstić information content (AvgIpc) is 1.93. The van der Waals surface area contributed by atoms with Crippen LogP contribution in [0.2, 0.25) is 0 Å². The fourth-order valence-electron chi connectivity index (χ4n) is 0.727. The van der Waals surface area contributed by atoms with Crippen molar-refractivity contribution in [3.8, 4) is 0 Å². The number of alkyl halides is 2. The van der Waals surface area contributed by atoms with E-state index in [1.165, 1.54) is 0 Å². The Morgan fingerprint density at radius 1 is 1.55 bits per heavy atom. The van der Waals surface area contributed by atoms with Crippen molar-refractivity contribution in [3.63, 3.8) is 0 Å². The third-order valence-electron chi connectivity index (χ3n) is 1.15. The van der Waals surface area contributed by atoms with Gasteiger partial charge < -0.3 is 4.74 Å². The molecule has 0 spiro atoms. The average molecular weight is 224 g/mol. The summed E-state index contributed by atoms with van der Waals surface area (Å²) in [5, 5.41) is 0. The third kappa shape index (κ3) is 2.61. The maximum Gasteiger partial charge on any atom is 0.387 e. The lowest BCUT2D eigenvalue weighted by Gasteiger charge is -2.11. The molecule has 61 valence electrons. The lowest BCUT2D eigenvalue weighted by molar-refractivity contribution is -0.0927. The van der Waals surface area contributed by atoms with Gasteiger partial charge in [0.05, 0.1) is 4.48 Å². The molecule has 11 heavy (non-hydrogen) atoms. The van der Waals surface area contributed by atoms with Crippen LogP contribution in [0, 0.1) is 6.42 Å². The molecule has 1 rings (SSSR count). The maximum absolute atomic E-state index is 11.7. The molecular formula is C7H6BrF2O. The van der Waals surface area contributed by atoms with Crippen molar-refractivity contribution in [2.24, 2.45) is 0 Å². The quantitative estimate of drug-likeness (QED) is 0.700. The van der Waals surface area contributed by atoms with Gasteiger partial charge in [-0.25, -0.2) is 0 Å². The van der Waals surface area contributed by atoms with Crippen molar-refractivity contribution in [1.29, 1.82) is 0 Å². The van der Waals surface area contributed by atoms with Crippen LogP contribution in [0.25, 0.3) is 0 Å². The molecule has 0 unspecified atom stereocenters. The van der Waals surface area contributed by atoms with Gasteiger partial charge in [-0.15, -0.1) is 0 Å². The summed E-state index contributed by atoms with van der Waals surface area (Å²) in [6, 6.07) is 0. The Bertz CT molecular complexity index is 199. The highest BCUT2D eigenvalue weighted by Gasteiger charge is 2.11. The third-order valence-corrected chi connectivity index (χ3v) is 1.81. The molecule has 0 N–H and O–H groups in total. The van der Waals surface area contributed by atoms with E-state index in [-0.39, 0.29) is 5.76 Å². The summed E-state index contributed by atoms with van der Waals surface area (Å²) in [7, 11) is 0. The van der Waals surface area contributed by atoms with Crippen LogP contribution in [0.1, 0.15) is 6.42 Å². The molecule has 1 aliphatic rings. The van der Waals surface area contributed by atoms with Gasteiger partial charge >= 0.3 is 6.61 Å². The second kappa shape index (κ2) is 3.85. The Kier molecular flexibility index (Phi) is 3.05. The van der Waals surface area contributed by atoms with E-state index >= 15 is 0 Å². The molecule has 0 fully saturated rings. The summed E-state index contributed by atoms with van der Waals surface area (Å²) >= 11 is 3.09. The summed E-state index contributed by atoms with van der Waals surface area (Å²) in [6.07, 6.45) is 5.77. The number of hydrogen-bond donors (Lipinski definition) is 0. The van der Waals surface area contributed by atoms with Gasteiger partial charge in [-0.3, -0.25) is 0 Å². The summed E-state index contributed by atoms with van der Waals surface area (Å²) in [5.41, 5.74) is 0. The lowest BCUT2D eigenvalue weighted by atomic mass is 10.2. The number of ether oxygens (including phenoxy) is 1. The smallest absolute Gasteiger partial charge is 0.387 e. The largest absolute Gasteiger partial charge is 0.434 e. The highest BCUT2D eigenvalue weighted by atomic mass is 79.9. The van der Waals surface area contributed by atoms with Gasteiger partial charge in [-0.05, 0) is 34.8 Å². The summed E-state index contributed by atoms with van der Waals surface area (Å²) in [6.45, 7) is -2.75. The Labute approximate surface area is 71.9 Å². The number of allylic oxidation sites excluding steroid dienone is 3. The van der Waals surface area contributed by atoms with Gasteiger partial charge in [0.1, 0.15) is 5.76 Å². The maximum atomic E-state index is 11.7. The molecule has 0 aromatic heterocycles. The summed E-state index contributed by atoms with van der Waals surface area (Å²) in [4.78, 5) is 0. The van der Waals surface area contributed by atoms with Crippen LogP contribution in [0.4, 0.5) is 8.78 Å². The highest BCUT2D eigenvalue weighted by Crippen LogP contribution is 2.25. The minimum absolute atomic E-state index is 0.211. The first-order valence-electron chi connectivity index (χ1n) is 3.04. The monoisotopic (exact) mass is 223 g/mol. The van der Waals surface area contributed by atoms with Crippen LogP contribution < -0.4 is 0 Å². The predicted octanol–water partition coefficient (Wildman–Crippen LogP) is 3.00. The molecule has 1 nitrogen and oxygen atoms in total. The Morgan fingerprint density at radius 2 is 2.27 bits per heavy atom. The molecule has 0 aromatic carbocycles. The Morgan fingerprint density at radius 3 is 2.82 bits per heavy atom. The molecule has 0 saturated heterocycles. The molecule has 0 amide bonds. The SMILES string of the molecule is FC(F)OC1=CC[CH]C=C1Br. The van der Waals surface area contributed by atoms with E-state index in [9.17, 15) is 8.78 Å². The van der Waals surface area contributed by atoms with E-state index in [0.29, 0.717) is 10.9 Å². The molecule has 1 aliphatic carbocycles. The topological polar surface area (TPSA) is 9.23 Å². The fourth-order valence-corrected chi connectivity index (χ4v) is 1.17. The van der Waals surface area contributed by atoms with Crippen molar-refractivity contribution in [2.45, 2.75) is 13.0 Å². The molecule has 1 radical (unpaired) electrons. The van der Waals surface area contributed by atoms with Gasteiger partial charge in [0.2, 0.25) is 0 Å². The second-order valence-electron chi connectivity index (χ2n) is 1.93. The molecule has 0 saturated carbocycles. The molecule has 0 aromatic rings. The first-order chi connectivity index (χ1) is 5.20. The van der Waals surface area contributed by atoms with Crippen LogP contribution in [0.3, 0.4) is 0 Å². The van der Waals surface area contributed by atoms with Gasteiger partial charge in [0.15, 0.2) is 0 Å². The van der Waals surface area contributed by atoms with E-state index in [1.54, 1.807) is 12.2 Å². The zero-order valence-electron chi connectivity index (χ0n) is 5.56. The number of rotatable bonds is 2. The zero-order chi connectivity index (χ0) is 8.27. The van der Waals surface area contributed by atoms with E-state index < -0.39 is 6.61 Å². The van der Waals surface area contributed by atoms with Gasteiger partial charge in [0, 0.05) is 0 Å². The van der Waals surface area contributed by atoms with Crippen LogP contribution in [0.15, 0.2) is 22.4 Å². The van der Waals surface area contributed by atoms with Crippen LogP contribution in [-0.4, -0.2) is 6.61 Å². The summed E-state index contributed by atoms with van der Waals surface area (Å²) < 4.78 is 28.1. The van der Waals surface area contributed by atoms with Crippen molar-refractivity contribution in [1.82, 2.24) is 0 Å². The van der Waals surface area contributed by atoms with Crippen LogP contribution in [-0.2, 0) is 4.74 Å². The molecular weight excluding hydrogens is 218 g/mol. The standard InChI is InChI=1S/C7H6BrF2O/c8-5-3-1-2-4-6(5)11-7(9)10/h1,3-4,7H,2H2. The molecule has 0 atom stereocenters. The molecule has 0 bridgehead atoms. The number of halogens is 3. The van der Waals surface area contributed by atoms with Gasteiger partial charge in [-0.1, -0.05) is 6.08 Å². The minimum atomic E-state index is -2.75. The Hall–Kier alpha value is -0.380. The number of hydrogen-bond acceptors (Lipinski definition) is 1. The fraction of sp³-hybridized carbons (Fsp3) is 0.286. The first kappa shape index (κ1) is 8.71. The zero-order valence-corrected chi connectivity index (χ0v) is 7.14. The van der Waals surface area contributed by atoms with Gasteiger partial charge in [-0.2, -0.15) is 8.78 Å². The second-order valence-corrected chi connectivity index (χ2v) is 2.79.